The normalized spacial score (nSPS) is 13.7. The Morgan fingerprint density at radius 2 is 2.35 bits per heavy atom. The lowest BCUT2D eigenvalue weighted by Crippen LogP contribution is -2.34. The molecular formula is C10H13N3O2S2. The molecule has 0 bridgehead atoms. The molecule has 1 unspecified atom stereocenters. The van der Waals surface area contributed by atoms with E-state index in [1.165, 1.54) is 12.3 Å². The first-order chi connectivity index (χ1) is 8.08. The summed E-state index contributed by atoms with van der Waals surface area (Å²) in [6, 6.07) is 3.27. The van der Waals surface area contributed by atoms with Gasteiger partial charge in [-0.3, -0.25) is 5.10 Å². The van der Waals surface area contributed by atoms with Crippen LogP contribution in [-0.4, -0.2) is 24.7 Å². The molecule has 2 aromatic heterocycles. The summed E-state index contributed by atoms with van der Waals surface area (Å²) in [6.07, 6.45) is 2.09. The van der Waals surface area contributed by atoms with Crippen molar-refractivity contribution in [2.75, 3.05) is 0 Å². The maximum atomic E-state index is 11.9. The van der Waals surface area contributed by atoms with E-state index >= 15 is 0 Å². The average molecular weight is 271 g/mol. The molecule has 0 amide bonds. The zero-order chi connectivity index (χ0) is 12.3. The van der Waals surface area contributed by atoms with Crippen LogP contribution in [0.4, 0.5) is 0 Å². The van der Waals surface area contributed by atoms with E-state index in [0.29, 0.717) is 6.42 Å². The molecule has 0 aromatic carbocycles. The maximum Gasteiger partial charge on any atom is 0.257 e. The van der Waals surface area contributed by atoms with Crippen molar-refractivity contribution in [1.29, 1.82) is 0 Å². The van der Waals surface area contributed by atoms with Crippen LogP contribution in [0.25, 0.3) is 0 Å². The molecule has 0 fully saturated rings. The summed E-state index contributed by atoms with van der Waals surface area (Å²) in [7, 11) is -3.48. The highest BCUT2D eigenvalue weighted by Gasteiger charge is 2.18. The summed E-state index contributed by atoms with van der Waals surface area (Å²) < 4.78 is 26.3. The minimum absolute atomic E-state index is 0.0923. The molecule has 0 aliphatic rings. The van der Waals surface area contributed by atoms with Crippen molar-refractivity contribution >= 4 is 21.4 Å². The van der Waals surface area contributed by atoms with Crippen LogP contribution in [0.1, 0.15) is 12.5 Å². The van der Waals surface area contributed by atoms with Gasteiger partial charge < -0.3 is 0 Å². The summed E-state index contributed by atoms with van der Waals surface area (Å²) in [5.74, 6) is 0. The number of rotatable bonds is 5. The van der Waals surface area contributed by atoms with Crippen molar-refractivity contribution in [3.63, 3.8) is 0 Å². The van der Waals surface area contributed by atoms with Crippen molar-refractivity contribution < 1.29 is 8.42 Å². The molecule has 2 heterocycles. The fraction of sp³-hybridized carbons (Fsp3) is 0.300. The highest BCUT2D eigenvalue weighted by Crippen LogP contribution is 2.10. The monoisotopic (exact) mass is 271 g/mol. The van der Waals surface area contributed by atoms with Crippen molar-refractivity contribution in [2.45, 2.75) is 24.4 Å². The third kappa shape index (κ3) is 3.15. The van der Waals surface area contributed by atoms with E-state index in [2.05, 4.69) is 14.9 Å². The van der Waals surface area contributed by atoms with E-state index in [-0.39, 0.29) is 11.1 Å². The van der Waals surface area contributed by atoms with Crippen molar-refractivity contribution in [3.8, 4) is 0 Å². The second-order valence-electron chi connectivity index (χ2n) is 3.78. The van der Waals surface area contributed by atoms with Crippen LogP contribution in [-0.2, 0) is 16.4 Å². The van der Waals surface area contributed by atoms with Gasteiger partial charge >= 0.3 is 0 Å². The van der Waals surface area contributed by atoms with Crippen LogP contribution in [0.5, 0.6) is 0 Å². The van der Waals surface area contributed by atoms with Gasteiger partial charge in [-0.2, -0.15) is 16.4 Å². The van der Waals surface area contributed by atoms with Crippen LogP contribution < -0.4 is 4.72 Å². The number of nitrogens with one attached hydrogen (secondary N) is 2. The van der Waals surface area contributed by atoms with Crippen LogP contribution in [0.3, 0.4) is 0 Å². The van der Waals surface area contributed by atoms with Crippen LogP contribution in [0, 0.1) is 0 Å². The first-order valence-electron chi connectivity index (χ1n) is 5.11. The molecule has 0 aliphatic heterocycles. The Bertz CT molecular complexity index is 546. The molecule has 1 atom stereocenters. The number of hydrogen-bond donors (Lipinski definition) is 2. The van der Waals surface area contributed by atoms with E-state index in [4.69, 9.17) is 0 Å². The van der Waals surface area contributed by atoms with Gasteiger partial charge in [-0.25, -0.2) is 13.1 Å². The summed E-state index contributed by atoms with van der Waals surface area (Å²) >= 11 is 1.60. The van der Waals surface area contributed by atoms with Crippen molar-refractivity contribution in [2.24, 2.45) is 0 Å². The Labute approximate surface area is 104 Å². The highest BCUT2D eigenvalue weighted by atomic mass is 32.2. The van der Waals surface area contributed by atoms with Crippen LogP contribution in [0.2, 0.25) is 0 Å². The minimum atomic E-state index is -3.48. The van der Waals surface area contributed by atoms with E-state index in [1.54, 1.807) is 11.3 Å². The average Bonchev–Trinajstić information content (AvgIpc) is 2.87. The van der Waals surface area contributed by atoms with Gasteiger partial charge in [-0.1, -0.05) is 0 Å². The molecule has 17 heavy (non-hydrogen) atoms. The predicted molar refractivity (Wildman–Crippen MR) is 66.4 cm³/mol. The fourth-order valence-electron chi connectivity index (χ4n) is 1.53. The van der Waals surface area contributed by atoms with Gasteiger partial charge in [0.15, 0.2) is 5.03 Å². The molecule has 2 rings (SSSR count). The Balaban J connectivity index is 2.01. The summed E-state index contributed by atoms with van der Waals surface area (Å²) in [4.78, 5) is 0. The Morgan fingerprint density at radius 3 is 2.94 bits per heavy atom. The molecule has 2 N–H and O–H groups in total. The zero-order valence-corrected chi connectivity index (χ0v) is 10.9. The van der Waals surface area contributed by atoms with Gasteiger partial charge in [-0.15, -0.1) is 0 Å². The Hall–Kier alpha value is -1.18. The molecule has 0 aliphatic carbocycles. The molecule has 7 heteroatoms. The largest absolute Gasteiger partial charge is 0.266 e. The molecule has 0 saturated heterocycles. The number of aromatic nitrogens is 2. The zero-order valence-electron chi connectivity index (χ0n) is 9.25. The van der Waals surface area contributed by atoms with E-state index in [1.807, 2.05) is 23.8 Å². The lowest BCUT2D eigenvalue weighted by Gasteiger charge is -2.12. The number of hydrogen-bond acceptors (Lipinski definition) is 4. The Kier molecular flexibility index (Phi) is 3.60. The number of thiophene rings is 1. The second kappa shape index (κ2) is 4.99. The molecule has 0 saturated carbocycles. The summed E-state index contributed by atoms with van der Waals surface area (Å²) in [5.41, 5.74) is 1.13. The van der Waals surface area contributed by atoms with Gasteiger partial charge in [0, 0.05) is 6.04 Å². The van der Waals surface area contributed by atoms with E-state index in [0.717, 1.165) is 5.56 Å². The summed E-state index contributed by atoms with van der Waals surface area (Å²) in [5, 5.41) is 10.2. The fourth-order valence-corrected chi connectivity index (χ4v) is 3.36. The SMILES string of the molecule is CC(Cc1ccsc1)NS(=O)(=O)c1ccn[nH]1. The highest BCUT2D eigenvalue weighted by molar-refractivity contribution is 7.89. The standard InChI is InChI=1S/C10H13N3O2S2/c1-8(6-9-3-5-16-7-9)13-17(14,15)10-2-4-11-12-10/h2-5,7-8,13H,6H2,1H3,(H,11,12). The molecule has 5 nitrogen and oxygen atoms in total. The number of sulfonamides is 1. The first-order valence-corrected chi connectivity index (χ1v) is 7.53. The maximum absolute atomic E-state index is 11.9. The second-order valence-corrected chi connectivity index (χ2v) is 6.24. The third-order valence-corrected chi connectivity index (χ3v) is 4.49. The number of nitrogens with zero attached hydrogens (tertiary/aromatic N) is 1. The lowest BCUT2D eigenvalue weighted by molar-refractivity contribution is 0.556. The van der Waals surface area contributed by atoms with E-state index < -0.39 is 10.0 Å². The first kappa shape index (κ1) is 12.3. The number of aromatic amines is 1. The smallest absolute Gasteiger partial charge is 0.257 e. The summed E-state index contributed by atoms with van der Waals surface area (Å²) in [6.45, 7) is 1.84. The number of H-pyrrole nitrogens is 1. The van der Waals surface area contributed by atoms with Gasteiger partial charge in [0.2, 0.25) is 0 Å². The predicted octanol–water partition coefficient (Wildman–Crippen LogP) is 1.38. The topological polar surface area (TPSA) is 74.8 Å². The quantitative estimate of drug-likeness (QED) is 0.862. The van der Waals surface area contributed by atoms with E-state index in [9.17, 15) is 8.42 Å². The Morgan fingerprint density at radius 1 is 1.53 bits per heavy atom. The molecule has 0 spiro atoms. The third-order valence-electron chi connectivity index (χ3n) is 2.24. The van der Waals surface area contributed by atoms with Gasteiger partial charge in [0.05, 0.1) is 6.20 Å². The van der Waals surface area contributed by atoms with Crippen LogP contribution in [0.15, 0.2) is 34.1 Å². The molecule has 0 radical (unpaired) electrons. The molecular weight excluding hydrogens is 258 g/mol. The van der Waals surface area contributed by atoms with Crippen LogP contribution >= 0.6 is 11.3 Å². The minimum Gasteiger partial charge on any atom is -0.266 e. The van der Waals surface area contributed by atoms with Crippen molar-refractivity contribution in [1.82, 2.24) is 14.9 Å². The molecule has 92 valence electrons. The van der Waals surface area contributed by atoms with Gasteiger partial charge in [-0.05, 0) is 41.8 Å². The molecule has 2 aromatic rings. The van der Waals surface area contributed by atoms with Crippen molar-refractivity contribution in [3.05, 3.63) is 34.7 Å². The van der Waals surface area contributed by atoms with Gasteiger partial charge in [0.25, 0.3) is 10.0 Å². The van der Waals surface area contributed by atoms with Gasteiger partial charge in [0.1, 0.15) is 0 Å². The lowest BCUT2D eigenvalue weighted by atomic mass is 10.1.